The molecule has 0 atom stereocenters. The molecule has 0 spiro atoms. The van der Waals surface area contributed by atoms with Crippen molar-refractivity contribution < 1.29 is 19.0 Å². The van der Waals surface area contributed by atoms with Gasteiger partial charge in [0, 0.05) is 28.3 Å². The molecule has 2 nitrogen and oxygen atoms in total. The number of aromatic hydroxyl groups is 2. The Balaban J connectivity index is 2.04. The van der Waals surface area contributed by atoms with Crippen molar-refractivity contribution >= 4 is 10.8 Å². The van der Waals surface area contributed by atoms with Gasteiger partial charge in [-0.2, -0.15) is 0 Å². The molecule has 0 bridgehead atoms. The molecular formula is C22H14F2O2. The zero-order chi connectivity index (χ0) is 18.3. The first-order chi connectivity index (χ1) is 12.6. The van der Waals surface area contributed by atoms with Gasteiger partial charge in [-0.15, -0.1) is 0 Å². The first-order valence-electron chi connectivity index (χ1n) is 8.05. The van der Waals surface area contributed by atoms with E-state index in [2.05, 4.69) is 0 Å². The Morgan fingerprint density at radius 2 is 1.27 bits per heavy atom. The summed E-state index contributed by atoms with van der Waals surface area (Å²) in [7, 11) is 0. The Bertz CT molecular complexity index is 1140. The van der Waals surface area contributed by atoms with Gasteiger partial charge in [-0.05, 0) is 29.0 Å². The van der Waals surface area contributed by atoms with Crippen LogP contribution in [0.25, 0.3) is 33.0 Å². The maximum atomic E-state index is 14.6. The summed E-state index contributed by atoms with van der Waals surface area (Å²) in [6.45, 7) is 0. The smallest absolute Gasteiger partial charge is 0.134 e. The van der Waals surface area contributed by atoms with Gasteiger partial charge in [0.15, 0.2) is 0 Å². The Labute approximate surface area is 148 Å². The highest BCUT2D eigenvalue weighted by atomic mass is 19.1. The third kappa shape index (κ3) is 2.56. The van der Waals surface area contributed by atoms with E-state index in [9.17, 15) is 19.0 Å². The maximum absolute atomic E-state index is 14.6. The number of para-hydroxylation sites is 1. The normalized spacial score (nSPS) is 11.0. The third-order valence-electron chi connectivity index (χ3n) is 4.43. The van der Waals surface area contributed by atoms with Gasteiger partial charge in [0.25, 0.3) is 0 Å². The lowest BCUT2D eigenvalue weighted by Crippen LogP contribution is -1.93. The van der Waals surface area contributed by atoms with Gasteiger partial charge in [-0.3, -0.25) is 0 Å². The highest BCUT2D eigenvalue weighted by Crippen LogP contribution is 2.41. The Morgan fingerprint density at radius 1 is 0.577 bits per heavy atom. The summed E-state index contributed by atoms with van der Waals surface area (Å²) in [5.74, 6) is -1.77. The molecule has 0 unspecified atom stereocenters. The van der Waals surface area contributed by atoms with Crippen molar-refractivity contribution in [1.29, 1.82) is 0 Å². The van der Waals surface area contributed by atoms with Crippen LogP contribution < -0.4 is 0 Å². The van der Waals surface area contributed by atoms with Crippen LogP contribution in [0.4, 0.5) is 8.78 Å². The van der Waals surface area contributed by atoms with Gasteiger partial charge in [0.05, 0.1) is 0 Å². The molecule has 4 aromatic rings. The molecule has 0 aliphatic carbocycles. The molecule has 4 aromatic carbocycles. The summed E-state index contributed by atoms with van der Waals surface area (Å²) in [6.07, 6.45) is 0. The zero-order valence-electron chi connectivity index (χ0n) is 13.6. The van der Waals surface area contributed by atoms with Crippen molar-refractivity contribution in [1.82, 2.24) is 0 Å². The summed E-state index contributed by atoms with van der Waals surface area (Å²) in [6, 6.07) is 18.8. The van der Waals surface area contributed by atoms with Gasteiger partial charge in [0.2, 0.25) is 0 Å². The first kappa shape index (κ1) is 16.1. The van der Waals surface area contributed by atoms with Crippen LogP contribution in [0, 0.1) is 11.6 Å². The average Bonchev–Trinajstić information content (AvgIpc) is 2.63. The zero-order valence-corrected chi connectivity index (χ0v) is 13.6. The predicted molar refractivity (Wildman–Crippen MR) is 98.1 cm³/mol. The molecule has 0 aromatic heterocycles. The van der Waals surface area contributed by atoms with E-state index < -0.39 is 11.6 Å². The minimum Gasteiger partial charge on any atom is -0.507 e. The Morgan fingerprint density at radius 3 is 2.08 bits per heavy atom. The molecule has 0 heterocycles. The quantitative estimate of drug-likeness (QED) is 0.476. The third-order valence-corrected chi connectivity index (χ3v) is 4.43. The summed E-state index contributed by atoms with van der Waals surface area (Å²) in [4.78, 5) is 0. The van der Waals surface area contributed by atoms with Crippen LogP contribution >= 0.6 is 0 Å². The van der Waals surface area contributed by atoms with Gasteiger partial charge in [-0.25, -0.2) is 8.78 Å². The minimum absolute atomic E-state index is 0.0619. The average molecular weight is 348 g/mol. The summed E-state index contributed by atoms with van der Waals surface area (Å²) < 4.78 is 29.0. The molecule has 4 rings (SSSR count). The minimum atomic E-state index is -0.785. The van der Waals surface area contributed by atoms with Crippen LogP contribution in [0.3, 0.4) is 0 Å². The molecule has 26 heavy (non-hydrogen) atoms. The Hall–Kier alpha value is -3.40. The molecule has 0 saturated carbocycles. The lowest BCUT2D eigenvalue weighted by molar-refractivity contribution is 0.476. The summed E-state index contributed by atoms with van der Waals surface area (Å²) >= 11 is 0. The molecule has 0 aliphatic rings. The van der Waals surface area contributed by atoms with Gasteiger partial charge in [-0.1, -0.05) is 48.5 Å². The lowest BCUT2D eigenvalue weighted by atomic mass is 9.93. The standard InChI is InChI=1S/C22H14F2O2/c23-18-12-19(24)17(11-16(18)15-7-3-4-8-20(15)25)22-14-6-2-1-5-13(14)9-10-21(22)26/h1-12,25-26H. The van der Waals surface area contributed by atoms with Gasteiger partial charge < -0.3 is 10.2 Å². The highest BCUT2D eigenvalue weighted by molar-refractivity contribution is 6.00. The highest BCUT2D eigenvalue weighted by Gasteiger charge is 2.18. The molecule has 0 amide bonds. The summed E-state index contributed by atoms with van der Waals surface area (Å²) in [5, 5.41) is 21.9. The van der Waals surface area contributed by atoms with E-state index in [1.54, 1.807) is 36.4 Å². The lowest BCUT2D eigenvalue weighted by Gasteiger charge is -2.13. The number of halogens is 2. The largest absolute Gasteiger partial charge is 0.507 e. The van der Waals surface area contributed by atoms with Crippen molar-refractivity contribution in [2.24, 2.45) is 0 Å². The number of hydrogen-bond acceptors (Lipinski definition) is 2. The van der Waals surface area contributed by atoms with Crippen LogP contribution in [-0.4, -0.2) is 10.2 Å². The van der Waals surface area contributed by atoms with Gasteiger partial charge in [0.1, 0.15) is 23.1 Å². The fourth-order valence-corrected chi connectivity index (χ4v) is 3.19. The van der Waals surface area contributed by atoms with Gasteiger partial charge >= 0.3 is 0 Å². The number of rotatable bonds is 2. The SMILES string of the molecule is Oc1ccccc1-c1cc(-c2c(O)ccc3ccccc23)c(F)cc1F. The van der Waals surface area contributed by atoms with Crippen molar-refractivity contribution in [3.8, 4) is 33.8 Å². The molecule has 0 radical (unpaired) electrons. The number of benzene rings is 4. The Kier molecular flexibility index (Phi) is 3.81. The van der Waals surface area contributed by atoms with Crippen LogP contribution in [-0.2, 0) is 0 Å². The van der Waals surface area contributed by atoms with Crippen molar-refractivity contribution in [3.05, 3.63) is 84.4 Å². The van der Waals surface area contributed by atoms with Crippen molar-refractivity contribution in [2.45, 2.75) is 0 Å². The molecule has 128 valence electrons. The molecule has 0 saturated heterocycles. The number of phenolic OH excluding ortho intramolecular Hbond substituents is 2. The second kappa shape index (κ2) is 6.15. The molecule has 4 heteroatoms. The van der Waals surface area contributed by atoms with Crippen molar-refractivity contribution in [2.75, 3.05) is 0 Å². The van der Waals surface area contributed by atoms with E-state index in [0.29, 0.717) is 5.39 Å². The number of fused-ring (bicyclic) bond motifs is 1. The topological polar surface area (TPSA) is 40.5 Å². The van der Waals surface area contributed by atoms with Crippen LogP contribution in [0.1, 0.15) is 0 Å². The van der Waals surface area contributed by atoms with E-state index in [-0.39, 0.29) is 33.8 Å². The molecule has 2 N–H and O–H groups in total. The molecule has 0 aliphatic heterocycles. The van der Waals surface area contributed by atoms with Crippen LogP contribution in [0.2, 0.25) is 0 Å². The predicted octanol–water partition coefficient (Wildman–Crippen LogP) is 5.86. The van der Waals surface area contributed by atoms with E-state index >= 15 is 0 Å². The molecule has 0 fully saturated rings. The van der Waals surface area contributed by atoms with E-state index in [4.69, 9.17) is 0 Å². The maximum Gasteiger partial charge on any atom is 0.134 e. The fraction of sp³-hybridized carbons (Fsp3) is 0. The van der Waals surface area contributed by atoms with Crippen molar-refractivity contribution in [3.63, 3.8) is 0 Å². The fourth-order valence-electron chi connectivity index (χ4n) is 3.19. The van der Waals surface area contributed by atoms with E-state index in [1.807, 2.05) is 12.1 Å². The van der Waals surface area contributed by atoms with E-state index in [1.165, 1.54) is 18.2 Å². The monoisotopic (exact) mass is 348 g/mol. The number of phenols is 2. The van der Waals surface area contributed by atoms with Crippen LogP contribution in [0.5, 0.6) is 11.5 Å². The first-order valence-corrected chi connectivity index (χ1v) is 8.05. The summed E-state index contributed by atoms with van der Waals surface area (Å²) in [5.41, 5.74) is 0.675. The number of hydrogen-bond donors (Lipinski definition) is 2. The van der Waals surface area contributed by atoms with Crippen LogP contribution in [0.15, 0.2) is 72.8 Å². The van der Waals surface area contributed by atoms with E-state index in [0.717, 1.165) is 11.5 Å². The molecular weight excluding hydrogens is 334 g/mol. The second-order valence-electron chi connectivity index (χ2n) is 6.01. The second-order valence-corrected chi connectivity index (χ2v) is 6.01.